The highest BCUT2D eigenvalue weighted by atomic mass is 32.2. The number of ether oxygens (including phenoxy) is 1. The Labute approximate surface area is 220 Å². The van der Waals surface area contributed by atoms with E-state index in [-0.39, 0.29) is 29.0 Å². The van der Waals surface area contributed by atoms with E-state index in [1.807, 2.05) is 0 Å². The standard InChI is InChI=1S/C27H22F5NO5S/c28-18-6-7-22(29)21(13-18)16-5-8-24-23(11-16)33(15-19(38-24)14-26(25(34)35)9-2-10-26)39(36,37)20-4-1-3-17(12-20)27(30,31)32/h1,3-8,11-13,19H,2,9-10,14-15H2,(H,34,35). The van der Waals surface area contributed by atoms with Gasteiger partial charge in [-0.15, -0.1) is 0 Å². The fraction of sp³-hybridized carbons (Fsp3) is 0.296. The molecule has 1 N–H and O–H groups in total. The lowest BCUT2D eigenvalue weighted by Crippen LogP contribution is -2.49. The fourth-order valence-electron chi connectivity index (χ4n) is 5.04. The molecule has 0 spiro atoms. The minimum atomic E-state index is -4.79. The molecular formula is C27H22F5NO5S. The number of nitrogens with zero attached hydrogens (tertiary/aromatic N) is 1. The predicted octanol–water partition coefficient (Wildman–Crippen LogP) is 6.25. The highest BCUT2D eigenvalue weighted by molar-refractivity contribution is 7.92. The monoisotopic (exact) mass is 567 g/mol. The molecular weight excluding hydrogens is 545 g/mol. The van der Waals surface area contributed by atoms with Crippen LogP contribution in [-0.2, 0) is 21.0 Å². The Bertz CT molecular complexity index is 1550. The Kier molecular flexibility index (Phi) is 6.56. The average Bonchev–Trinajstić information content (AvgIpc) is 2.86. The highest BCUT2D eigenvalue weighted by Gasteiger charge is 2.48. The molecule has 1 unspecified atom stereocenters. The van der Waals surface area contributed by atoms with Crippen molar-refractivity contribution in [3.8, 4) is 16.9 Å². The van der Waals surface area contributed by atoms with Gasteiger partial charge in [-0.2, -0.15) is 13.2 Å². The number of carbonyl (C=O) groups is 1. The topological polar surface area (TPSA) is 83.9 Å². The van der Waals surface area contributed by atoms with Crippen molar-refractivity contribution in [2.45, 2.75) is 42.9 Å². The second-order valence-corrected chi connectivity index (χ2v) is 11.6. The zero-order valence-electron chi connectivity index (χ0n) is 20.2. The van der Waals surface area contributed by atoms with Crippen LogP contribution in [0, 0.1) is 17.0 Å². The summed E-state index contributed by atoms with van der Waals surface area (Å²) in [6, 6.07) is 10.0. The molecule has 1 heterocycles. The van der Waals surface area contributed by atoms with Crippen molar-refractivity contribution in [2.24, 2.45) is 5.41 Å². The zero-order chi connectivity index (χ0) is 28.2. The van der Waals surface area contributed by atoms with E-state index in [2.05, 4.69) is 0 Å². The number of hydrogen-bond donors (Lipinski definition) is 1. The molecule has 3 aromatic carbocycles. The van der Waals surface area contributed by atoms with Crippen molar-refractivity contribution in [1.82, 2.24) is 0 Å². The third-order valence-corrected chi connectivity index (χ3v) is 9.04. The van der Waals surface area contributed by atoms with Crippen LogP contribution in [0.15, 0.2) is 65.6 Å². The molecule has 2 aliphatic rings. The van der Waals surface area contributed by atoms with Crippen LogP contribution in [0.1, 0.15) is 31.2 Å². The van der Waals surface area contributed by atoms with Gasteiger partial charge in [0.05, 0.1) is 28.1 Å². The summed E-state index contributed by atoms with van der Waals surface area (Å²) < 4.78 is 103. The number of alkyl halides is 3. The van der Waals surface area contributed by atoms with Gasteiger partial charge in [-0.25, -0.2) is 17.2 Å². The van der Waals surface area contributed by atoms with Crippen molar-refractivity contribution in [3.05, 3.63) is 77.9 Å². The minimum Gasteiger partial charge on any atom is -0.486 e. The van der Waals surface area contributed by atoms with Gasteiger partial charge in [0.25, 0.3) is 10.0 Å². The van der Waals surface area contributed by atoms with Gasteiger partial charge in [0, 0.05) is 12.0 Å². The van der Waals surface area contributed by atoms with E-state index in [1.165, 1.54) is 18.2 Å². The highest BCUT2D eigenvalue weighted by Crippen LogP contribution is 2.48. The lowest BCUT2D eigenvalue weighted by molar-refractivity contribution is -0.156. The zero-order valence-corrected chi connectivity index (χ0v) is 21.0. The molecule has 1 atom stereocenters. The number of carboxylic acids is 1. The maximum absolute atomic E-state index is 14.5. The van der Waals surface area contributed by atoms with Crippen molar-refractivity contribution < 1.29 is 45.0 Å². The summed E-state index contributed by atoms with van der Waals surface area (Å²) in [5.41, 5.74) is -2.40. The molecule has 206 valence electrons. The first kappa shape index (κ1) is 26.9. The number of sulfonamides is 1. The molecule has 0 aromatic heterocycles. The van der Waals surface area contributed by atoms with E-state index >= 15 is 0 Å². The van der Waals surface area contributed by atoms with Crippen LogP contribution in [-0.4, -0.2) is 32.1 Å². The van der Waals surface area contributed by atoms with E-state index in [1.54, 1.807) is 0 Å². The Balaban J connectivity index is 1.61. The molecule has 12 heteroatoms. The molecule has 1 aliphatic heterocycles. The molecule has 3 aromatic rings. The molecule has 1 fully saturated rings. The Morgan fingerprint density at radius 1 is 1.05 bits per heavy atom. The molecule has 0 radical (unpaired) electrons. The summed E-state index contributed by atoms with van der Waals surface area (Å²) >= 11 is 0. The third-order valence-electron chi connectivity index (χ3n) is 7.26. The van der Waals surface area contributed by atoms with Gasteiger partial charge >= 0.3 is 12.1 Å². The van der Waals surface area contributed by atoms with Crippen LogP contribution in [0.4, 0.5) is 27.6 Å². The molecule has 1 aliphatic carbocycles. The van der Waals surface area contributed by atoms with Gasteiger partial charge in [-0.3, -0.25) is 9.10 Å². The van der Waals surface area contributed by atoms with Crippen LogP contribution in [0.25, 0.3) is 11.1 Å². The first-order valence-electron chi connectivity index (χ1n) is 12.0. The maximum Gasteiger partial charge on any atom is 0.416 e. The van der Waals surface area contributed by atoms with Crippen LogP contribution in [0.2, 0.25) is 0 Å². The minimum absolute atomic E-state index is 0.0159. The summed E-state index contributed by atoms with van der Waals surface area (Å²) in [6.45, 7) is -0.393. The van der Waals surface area contributed by atoms with E-state index in [0.29, 0.717) is 25.3 Å². The van der Waals surface area contributed by atoms with Crippen LogP contribution >= 0.6 is 0 Å². The molecule has 0 amide bonds. The smallest absolute Gasteiger partial charge is 0.416 e. The van der Waals surface area contributed by atoms with E-state index in [4.69, 9.17) is 4.74 Å². The van der Waals surface area contributed by atoms with E-state index in [0.717, 1.165) is 40.7 Å². The summed E-state index contributed by atoms with van der Waals surface area (Å²) in [5.74, 6) is -2.52. The molecule has 0 bridgehead atoms. The largest absolute Gasteiger partial charge is 0.486 e. The average molecular weight is 568 g/mol. The Morgan fingerprint density at radius 3 is 2.44 bits per heavy atom. The quantitative estimate of drug-likeness (QED) is 0.356. The van der Waals surface area contributed by atoms with Gasteiger partial charge in [-0.1, -0.05) is 18.6 Å². The number of rotatable bonds is 6. The SMILES string of the molecule is O=C(O)C1(CC2CN(S(=O)(=O)c3cccc(C(F)(F)F)c3)c3cc(-c4cc(F)ccc4F)ccc3O2)CCC1. The lowest BCUT2D eigenvalue weighted by Gasteiger charge is -2.43. The Hall–Kier alpha value is -3.67. The third kappa shape index (κ3) is 4.93. The molecule has 5 rings (SSSR count). The number of anilines is 1. The fourth-order valence-corrected chi connectivity index (χ4v) is 6.58. The van der Waals surface area contributed by atoms with Crippen molar-refractivity contribution in [3.63, 3.8) is 0 Å². The number of fused-ring (bicyclic) bond motifs is 1. The van der Waals surface area contributed by atoms with Crippen molar-refractivity contribution >= 4 is 21.7 Å². The summed E-state index contributed by atoms with van der Waals surface area (Å²) in [5, 5.41) is 9.77. The Morgan fingerprint density at radius 2 is 1.79 bits per heavy atom. The van der Waals surface area contributed by atoms with Gasteiger partial charge in [0.1, 0.15) is 23.5 Å². The summed E-state index contributed by atoms with van der Waals surface area (Å²) in [7, 11) is -4.63. The molecule has 0 saturated heterocycles. The number of hydrogen-bond acceptors (Lipinski definition) is 4. The van der Waals surface area contributed by atoms with E-state index < -0.39 is 62.3 Å². The second kappa shape index (κ2) is 9.51. The number of aliphatic carboxylic acids is 1. The van der Waals surface area contributed by atoms with Gasteiger partial charge in [0.2, 0.25) is 0 Å². The van der Waals surface area contributed by atoms with Crippen LogP contribution in [0.3, 0.4) is 0 Å². The maximum atomic E-state index is 14.5. The van der Waals surface area contributed by atoms with Crippen molar-refractivity contribution in [2.75, 3.05) is 10.8 Å². The van der Waals surface area contributed by atoms with Gasteiger partial charge in [0.15, 0.2) is 0 Å². The molecule has 6 nitrogen and oxygen atoms in total. The number of halogens is 5. The van der Waals surface area contributed by atoms with E-state index in [9.17, 15) is 40.3 Å². The number of benzene rings is 3. The first-order chi connectivity index (χ1) is 18.3. The van der Waals surface area contributed by atoms with Crippen LogP contribution in [0.5, 0.6) is 5.75 Å². The van der Waals surface area contributed by atoms with Gasteiger partial charge in [-0.05, 0) is 66.9 Å². The second-order valence-electron chi connectivity index (χ2n) is 9.75. The summed E-state index contributed by atoms with van der Waals surface area (Å²) in [6.07, 6.45) is -4.29. The predicted molar refractivity (Wildman–Crippen MR) is 131 cm³/mol. The van der Waals surface area contributed by atoms with Gasteiger partial charge < -0.3 is 9.84 Å². The molecule has 39 heavy (non-hydrogen) atoms. The summed E-state index contributed by atoms with van der Waals surface area (Å²) in [4.78, 5) is 11.3. The lowest BCUT2D eigenvalue weighted by atomic mass is 9.65. The normalized spacial score (nSPS) is 18.6. The number of carboxylic acid groups (broad SMARTS) is 1. The van der Waals surface area contributed by atoms with Crippen LogP contribution < -0.4 is 9.04 Å². The van der Waals surface area contributed by atoms with Crippen molar-refractivity contribution in [1.29, 1.82) is 0 Å². The first-order valence-corrected chi connectivity index (χ1v) is 13.4. The molecule has 1 saturated carbocycles.